The van der Waals surface area contributed by atoms with Crippen LogP contribution in [0.2, 0.25) is 0 Å². The number of hydrogen-bond acceptors (Lipinski definition) is 3. The molecule has 0 aromatic rings. The first kappa shape index (κ1) is 22.0. The van der Waals surface area contributed by atoms with Gasteiger partial charge in [-0.1, -0.05) is 20.3 Å². The summed E-state index contributed by atoms with van der Waals surface area (Å²) in [7, 11) is 0. The Morgan fingerprint density at radius 1 is 1.21 bits per heavy atom. The van der Waals surface area contributed by atoms with Crippen molar-refractivity contribution in [3.8, 4) is 0 Å². The number of aliphatic imine (C=N–C) groups is 1. The predicted molar refractivity (Wildman–Crippen MR) is 112 cm³/mol. The summed E-state index contributed by atoms with van der Waals surface area (Å²) in [6, 6.07) is 0. The lowest BCUT2D eigenvalue weighted by Crippen LogP contribution is -2.50. The molecule has 142 valence electrons. The van der Waals surface area contributed by atoms with Crippen LogP contribution in [0.4, 0.5) is 0 Å². The van der Waals surface area contributed by atoms with Crippen LogP contribution in [0.5, 0.6) is 0 Å². The third-order valence-electron chi connectivity index (χ3n) is 5.05. The van der Waals surface area contributed by atoms with Gasteiger partial charge in [-0.2, -0.15) is 0 Å². The number of hydrogen-bond donors (Lipinski definition) is 1. The zero-order valence-electron chi connectivity index (χ0n) is 15.9. The van der Waals surface area contributed by atoms with Crippen molar-refractivity contribution in [3.63, 3.8) is 0 Å². The molecule has 2 aliphatic heterocycles. The van der Waals surface area contributed by atoms with Gasteiger partial charge in [0, 0.05) is 39.3 Å². The second kappa shape index (κ2) is 11.5. The number of guanidine groups is 1. The van der Waals surface area contributed by atoms with Crippen LogP contribution in [0.3, 0.4) is 0 Å². The summed E-state index contributed by atoms with van der Waals surface area (Å²) in [6.07, 6.45) is 5.22. The first-order chi connectivity index (χ1) is 11.2. The summed E-state index contributed by atoms with van der Waals surface area (Å²) in [5, 5.41) is 3.50. The molecular formula is C18H37IN4O. The molecule has 6 heteroatoms. The Bertz CT molecular complexity index is 370. The van der Waals surface area contributed by atoms with Gasteiger partial charge in [-0.05, 0) is 31.6 Å². The Morgan fingerprint density at radius 2 is 1.96 bits per heavy atom. The largest absolute Gasteiger partial charge is 0.379 e. The molecule has 2 saturated heterocycles. The minimum Gasteiger partial charge on any atom is -0.379 e. The lowest BCUT2D eigenvalue weighted by atomic mass is 9.78. The van der Waals surface area contributed by atoms with Crippen molar-refractivity contribution >= 4 is 29.9 Å². The maximum Gasteiger partial charge on any atom is 0.193 e. The lowest BCUT2D eigenvalue weighted by molar-refractivity contribution is 0.0394. The molecule has 1 N–H and O–H groups in total. The summed E-state index contributed by atoms with van der Waals surface area (Å²) in [5.74, 6) is 1.11. The second-order valence-corrected chi connectivity index (χ2v) is 7.28. The zero-order valence-corrected chi connectivity index (χ0v) is 18.2. The van der Waals surface area contributed by atoms with E-state index in [2.05, 4.69) is 35.9 Å². The van der Waals surface area contributed by atoms with Crippen LogP contribution in [0.1, 0.15) is 46.5 Å². The maximum absolute atomic E-state index is 5.41. The number of morpholine rings is 1. The van der Waals surface area contributed by atoms with Crippen molar-refractivity contribution in [1.82, 2.24) is 15.1 Å². The topological polar surface area (TPSA) is 40.1 Å². The Kier molecular flexibility index (Phi) is 10.5. The van der Waals surface area contributed by atoms with E-state index in [-0.39, 0.29) is 24.0 Å². The molecule has 1 unspecified atom stereocenters. The van der Waals surface area contributed by atoms with E-state index in [4.69, 9.17) is 9.73 Å². The Labute approximate surface area is 165 Å². The molecule has 0 bridgehead atoms. The monoisotopic (exact) mass is 452 g/mol. The summed E-state index contributed by atoms with van der Waals surface area (Å²) in [4.78, 5) is 9.85. The average molecular weight is 452 g/mol. The molecule has 0 aromatic carbocycles. The van der Waals surface area contributed by atoms with E-state index in [1.54, 1.807) is 0 Å². The second-order valence-electron chi connectivity index (χ2n) is 7.28. The highest BCUT2D eigenvalue weighted by molar-refractivity contribution is 14.0. The van der Waals surface area contributed by atoms with Crippen molar-refractivity contribution in [2.45, 2.75) is 46.5 Å². The van der Waals surface area contributed by atoms with Gasteiger partial charge >= 0.3 is 0 Å². The van der Waals surface area contributed by atoms with Crippen LogP contribution < -0.4 is 5.32 Å². The van der Waals surface area contributed by atoms with Gasteiger partial charge < -0.3 is 15.0 Å². The maximum atomic E-state index is 5.41. The summed E-state index contributed by atoms with van der Waals surface area (Å²) in [5.41, 5.74) is 0.452. The molecule has 2 aliphatic rings. The molecule has 24 heavy (non-hydrogen) atoms. The third kappa shape index (κ3) is 7.04. The molecule has 2 fully saturated rings. The number of nitrogens with one attached hydrogen (secondary N) is 1. The fraction of sp³-hybridized carbons (Fsp3) is 0.944. The van der Waals surface area contributed by atoms with E-state index < -0.39 is 0 Å². The van der Waals surface area contributed by atoms with Gasteiger partial charge in [0.25, 0.3) is 0 Å². The highest BCUT2D eigenvalue weighted by atomic mass is 127. The van der Waals surface area contributed by atoms with Crippen LogP contribution >= 0.6 is 24.0 Å². The molecule has 0 saturated carbocycles. The predicted octanol–water partition coefficient (Wildman–Crippen LogP) is 2.80. The minimum atomic E-state index is 0. The lowest BCUT2D eigenvalue weighted by Gasteiger charge is -2.42. The molecule has 1 atom stereocenters. The Balaban J connectivity index is 0.00000288. The smallest absolute Gasteiger partial charge is 0.193 e. The Hall–Kier alpha value is -0.0800. The van der Waals surface area contributed by atoms with Gasteiger partial charge in [0.15, 0.2) is 5.96 Å². The summed E-state index contributed by atoms with van der Waals surface area (Å²) in [6.45, 7) is 15.9. The minimum absolute atomic E-state index is 0. The first-order valence-electron chi connectivity index (χ1n) is 9.50. The van der Waals surface area contributed by atoms with E-state index in [1.807, 2.05) is 0 Å². The molecule has 0 radical (unpaired) electrons. The van der Waals surface area contributed by atoms with Crippen LogP contribution in [-0.2, 0) is 4.74 Å². The first-order valence-corrected chi connectivity index (χ1v) is 9.50. The molecule has 0 aliphatic carbocycles. The van der Waals surface area contributed by atoms with Gasteiger partial charge in [-0.15, -0.1) is 24.0 Å². The highest BCUT2D eigenvalue weighted by Gasteiger charge is 2.31. The normalized spacial score (nSPS) is 26.1. The van der Waals surface area contributed by atoms with Crippen LogP contribution in [0.25, 0.3) is 0 Å². The number of piperidine rings is 1. The van der Waals surface area contributed by atoms with Crippen molar-refractivity contribution in [3.05, 3.63) is 0 Å². The fourth-order valence-corrected chi connectivity index (χ4v) is 3.85. The van der Waals surface area contributed by atoms with Crippen LogP contribution in [-0.4, -0.2) is 74.8 Å². The molecule has 2 heterocycles. The van der Waals surface area contributed by atoms with E-state index in [9.17, 15) is 0 Å². The van der Waals surface area contributed by atoms with Crippen molar-refractivity contribution in [1.29, 1.82) is 0 Å². The van der Waals surface area contributed by atoms with Crippen LogP contribution in [0.15, 0.2) is 4.99 Å². The number of nitrogens with zero attached hydrogens (tertiary/aromatic N) is 3. The number of rotatable bonds is 6. The average Bonchev–Trinajstić information content (AvgIpc) is 2.55. The van der Waals surface area contributed by atoms with Gasteiger partial charge in [0.05, 0.1) is 19.8 Å². The number of ether oxygens (including phenoxy) is 1. The highest BCUT2D eigenvalue weighted by Crippen LogP contribution is 2.33. The zero-order chi connectivity index (χ0) is 16.5. The van der Waals surface area contributed by atoms with Crippen molar-refractivity contribution in [2.24, 2.45) is 10.4 Å². The quantitative estimate of drug-likeness (QED) is 0.382. The molecule has 5 nitrogen and oxygen atoms in total. The fourth-order valence-electron chi connectivity index (χ4n) is 3.85. The van der Waals surface area contributed by atoms with E-state index in [1.165, 1.54) is 25.7 Å². The Morgan fingerprint density at radius 3 is 2.62 bits per heavy atom. The third-order valence-corrected chi connectivity index (χ3v) is 5.05. The SMILES string of the molecule is CCCC1(C)CCCN(C(=NCCN2CCOCC2)NCC)C1.I. The van der Waals surface area contributed by atoms with Crippen LogP contribution in [0, 0.1) is 5.41 Å². The van der Waals surface area contributed by atoms with Gasteiger partial charge in [-0.25, -0.2) is 0 Å². The molecular weight excluding hydrogens is 415 g/mol. The summed E-state index contributed by atoms with van der Waals surface area (Å²) >= 11 is 0. The van der Waals surface area contributed by atoms with Gasteiger partial charge in [-0.3, -0.25) is 9.89 Å². The van der Waals surface area contributed by atoms with Crippen molar-refractivity contribution < 1.29 is 4.74 Å². The van der Waals surface area contributed by atoms with E-state index >= 15 is 0 Å². The van der Waals surface area contributed by atoms with E-state index in [0.717, 1.165) is 65.0 Å². The molecule has 0 amide bonds. The van der Waals surface area contributed by atoms with Gasteiger partial charge in [0.2, 0.25) is 0 Å². The molecule has 0 spiro atoms. The molecule has 0 aromatic heterocycles. The van der Waals surface area contributed by atoms with E-state index in [0.29, 0.717) is 5.41 Å². The molecule has 2 rings (SSSR count). The number of likely N-dealkylation sites (tertiary alicyclic amines) is 1. The number of halogens is 1. The standard InChI is InChI=1S/C18H36N4O.HI/c1-4-7-18(3)8-6-10-22(16-18)17(19-5-2)20-9-11-21-12-14-23-15-13-21;/h4-16H2,1-3H3,(H,19,20);1H. The van der Waals surface area contributed by atoms with Crippen molar-refractivity contribution in [2.75, 3.05) is 59.0 Å². The summed E-state index contributed by atoms with van der Waals surface area (Å²) < 4.78 is 5.41. The van der Waals surface area contributed by atoms with Gasteiger partial charge in [0.1, 0.15) is 0 Å².